The highest BCUT2D eigenvalue weighted by Gasteiger charge is 2.40. The predicted molar refractivity (Wildman–Crippen MR) is 148 cm³/mol. The molecule has 0 bridgehead atoms. The summed E-state index contributed by atoms with van der Waals surface area (Å²) in [6, 6.07) is 22.0. The minimum absolute atomic E-state index is 0.136. The van der Waals surface area contributed by atoms with Crippen molar-refractivity contribution in [2.45, 2.75) is 12.5 Å². The number of rotatable bonds is 8. The summed E-state index contributed by atoms with van der Waals surface area (Å²) in [5, 5.41) is 10.4. The van der Waals surface area contributed by atoms with Gasteiger partial charge in [0.2, 0.25) is 0 Å². The number of carbonyl (C=O) groups excluding carboxylic acids is 2. The van der Waals surface area contributed by atoms with Crippen molar-refractivity contribution in [3.05, 3.63) is 117 Å². The van der Waals surface area contributed by atoms with Crippen LogP contribution in [0.5, 0.6) is 0 Å². The molecule has 1 heterocycles. The van der Waals surface area contributed by atoms with Crippen LogP contribution in [0.25, 0.3) is 12.2 Å². The first kappa shape index (κ1) is 25.6. The first-order valence-corrected chi connectivity index (χ1v) is 12.5. The third kappa shape index (κ3) is 6.18. The number of carboxylic acid groups (broad SMARTS) is 1. The molecule has 180 valence electrons. The monoisotopic (exact) mass is 533 g/mol. The minimum Gasteiger partial charge on any atom is -0.480 e. The van der Waals surface area contributed by atoms with E-state index < -0.39 is 17.9 Å². The molecule has 0 saturated carbocycles. The van der Waals surface area contributed by atoms with Gasteiger partial charge >= 0.3 is 5.97 Å². The Balaban J connectivity index is 1.46. The zero-order valence-corrected chi connectivity index (χ0v) is 21.2. The first-order chi connectivity index (χ1) is 17.3. The van der Waals surface area contributed by atoms with Gasteiger partial charge in [0.1, 0.15) is 10.4 Å². The number of carbonyl (C=O) groups is 3. The predicted octanol–water partition coefficient (Wildman–Crippen LogP) is 6.13. The lowest BCUT2D eigenvalue weighted by atomic mass is 10.0. The van der Waals surface area contributed by atoms with Crippen LogP contribution >= 0.6 is 35.6 Å². The molecule has 1 aliphatic heterocycles. The van der Waals surface area contributed by atoms with Gasteiger partial charge in [0.05, 0.1) is 4.91 Å². The van der Waals surface area contributed by atoms with Crippen LogP contribution in [0.1, 0.15) is 27.0 Å². The molecule has 0 unspecified atom stereocenters. The maximum atomic E-state index is 13.1. The fourth-order valence-corrected chi connectivity index (χ4v) is 5.09. The van der Waals surface area contributed by atoms with Gasteiger partial charge in [0.15, 0.2) is 5.78 Å². The molecule has 36 heavy (non-hydrogen) atoms. The van der Waals surface area contributed by atoms with Crippen LogP contribution in [-0.2, 0) is 16.0 Å². The number of allylic oxidation sites excluding steroid dienone is 1. The quantitative estimate of drug-likeness (QED) is 0.213. The highest BCUT2D eigenvalue weighted by molar-refractivity contribution is 8.26. The van der Waals surface area contributed by atoms with Crippen molar-refractivity contribution in [3.8, 4) is 0 Å². The van der Waals surface area contributed by atoms with Crippen molar-refractivity contribution in [1.82, 2.24) is 4.90 Å². The molecule has 1 N–H and O–H groups in total. The van der Waals surface area contributed by atoms with Gasteiger partial charge in [0, 0.05) is 17.0 Å². The highest BCUT2D eigenvalue weighted by Crippen LogP contribution is 2.34. The van der Waals surface area contributed by atoms with Gasteiger partial charge < -0.3 is 5.11 Å². The Morgan fingerprint density at radius 1 is 0.972 bits per heavy atom. The van der Waals surface area contributed by atoms with E-state index in [1.165, 1.54) is 11.0 Å². The molecule has 5 nitrogen and oxygen atoms in total. The molecule has 0 aliphatic carbocycles. The number of thiocarbonyl (C=S) groups is 1. The number of hydrogen-bond donors (Lipinski definition) is 1. The third-order valence-electron chi connectivity index (χ3n) is 5.48. The molecule has 0 spiro atoms. The molecule has 1 amide bonds. The standard InChI is InChI=1S/C28H20ClNO4S2/c29-22-13-11-21(12-14-22)24(31)15-10-18-6-8-20(9-7-18)17-25-26(32)30(28(35)36-25)23(27(33)34)16-19-4-2-1-3-5-19/h1-15,17,23H,16H2,(H,33,34)/b15-10+,25-17-/t23-/m0/s1. The van der Waals surface area contributed by atoms with Crippen molar-refractivity contribution < 1.29 is 19.5 Å². The number of hydrogen-bond acceptors (Lipinski definition) is 5. The van der Waals surface area contributed by atoms with Crippen LogP contribution in [0, 0.1) is 0 Å². The molecule has 8 heteroatoms. The Kier molecular flexibility index (Phi) is 8.15. The Morgan fingerprint density at radius 3 is 2.25 bits per heavy atom. The molecule has 3 aromatic rings. The van der Waals surface area contributed by atoms with Gasteiger partial charge in [-0.3, -0.25) is 14.5 Å². The van der Waals surface area contributed by atoms with Gasteiger partial charge in [-0.05, 0) is 53.1 Å². The van der Waals surface area contributed by atoms with Gasteiger partial charge in [-0.1, -0.05) is 96.3 Å². The van der Waals surface area contributed by atoms with Crippen LogP contribution in [0.3, 0.4) is 0 Å². The molecule has 1 fully saturated rings. The van der Waals surface area contributed by atoms with Crippen LogP contribution in [-0.4, -0.2) is 38.0 Å². The summed E-state index contributed by atoms with van der Waals surface area (Å²) in [6.45, 7) is 0. The number of nitrogens with zero attached hydrogens (tertiary/aromatic N) is 1. The molecule has 1 atom stereocenters. The Bertz CT molecular complexity index is 1370. The smallest absolute Gasteiger partial charge is 0.327 e. The van der Waals surface area contributed by atoms with Crippen LogP contribution < -0.4 is 0 Å². The Morgan fingerprint density at radius 2 is 1.61 bits per heavy atom. The number of benzene rings is 3. The van der Waals surface area contributed by atoms with Crippen molar-refractivity contribution in [3.63, 3.8) is 0 Å². The largest absolute Gasteiger partial charge is 0.480 e. The van der Waals surface area contributed by atoms with Gasteiger partial charge in [-0.2, -0.15) is 0 Å². The van der Waals surface area contributed by atoms with Gasteiger partial charge in [-0.25, -0.2) is 4.79 Å². The van der Waals surface area contributed by atoms with Crippen molar-refractivity contribution >= 4 is 69.7 Å². The van der Waals surface area contributed by atoms with Crippen LogP contribution in [0.15, 0.2) is 89.8 Å². The summed E-state index contributed by atoms with van der Waals surface area (Å²) < 4.78 is 0.217. The fourth-order valence-electron chi connectivity index (χ4n) is 3.61. The third-order valence-corrected chi connectivity index (χ3v) is 7.06. The number of aliphatic carboxylic acids is 1. The molecule has 1 aliphatic rings. The number of ketones is 1. The number of amides is 1. The number of carboxylic acids is 1. The fraction of sp³-hybridized carbons (Fsp3) is 0.0714. The van der Waals surface area contributed by atoms with E-state index in [2.05, 4.69) is 0 Å². The van der Waals surface area contributed by atoms with Crippen molar-refractivity contribution in [2.75, 3.05) is 0 Å². The van der Waals surface area contributed by atoms with E-state index in [1.807, 2.05) is 54.6 Å². The maximum Gasteiger partial charge on any atom is 0.327 e. The lowest BCUT2D eigenvalue weighted by Gasteiger charge is -2.23. The lowest BCUT2D eigenvalue weighted by molar-refractivity contribution is -0.145. The summed E-state index contributed by atoms with van der Waals surface area (Å²) in [6.07, 6.45) is 5.04. The SMILES string of the molecule is O=C(/C=C/c1ccc(/C=C2\SC(=S)N([C@@H](Cc3ccccc3)C(=O)O)C2=O)cc1)c1ccc(Cl)cc1. The molecular formula is C28H20ClNO4S2. The lowest BCUT2D eigenvalue weighted by Crippen LogP contribution is -2.45. The summed E-state index contributed by atoms with van der Waals surface area (Å²) in [5.74, 6) is -1.67. The highest BCUT2D eigenvalue weighted by atomic mass is 35.5. The zero-order valence-electron chi connectivity index (χ0n) is 18.8. The molecule has 0 aromatic heterocycles. The second kappa shape index (κ2) is 11.5. The average Bonchev–Trinajstić information content (AvgIpc) is 3.15. The normalized spacial score (nSPS) is 15.6. The van der Waals surface area contributed by atoms with Gasteiger partial charge in [-0.15, -0.1) is 0 Å². The van der Waals surface area contributed by atoms with E-state index in [0.29, 0.717) is 15.5 Å². The maximum absolute atomic E-state index is 13.1. The molecule has 1 saturated heterocycles. The van der Waals surface area contributed by atoms with E-state index in [1.54, 1.807) is 36.4 Å². The molecule has 3 aromatic carbocycles. The van der Waals surface area contributed by atoms with Crippen LogP contribution in [0.4, 0.5) is 0 Å². The zero-order chi connectivity index (χ0) is 25.7. The summed E-state index contributed by atoms with van der Waals surface area (Å²) in [7, 11) is 0. The molecule has 4 rings (SSSR count). The van der Waals surface area contributed by atoms with E-state index >= 15 is 0 Å². The van der Waals surface area contributed by atoms with E-state index in [-0.39, 0.29) is 16.5 Å². The van der Waals surface area contributed by atoms with Crippen LogP contribution in [0.2, 0.25) is 5.02 Å². The molecular weight excluding hydrogens is 514 g/mol. The topological polar surface area (TPSA) is 74.7 Å². The molecule has 0 radical (unpaired) electrons. The van der Waals surface area contributed by atoms with Crippen molar-refractivity contribution in [2.24, 2.45) is 0 Å². The average molecular weight is 534 g/mol. The number of thioether (sulfide) groups is 1. The van der Waals surface area contributed by atoms with Gasteiger partial charge in [0.25, 0.3) is 5.91 Å². The van der Waals surface area contributed by atoms with Crippen molar-refractivity contribution in [1.29, 1.82) is 0 Å². The second-order valence-electron chi connectivity index (χ2n) is 7.97. The summed E-state index contributed by atoms with van der Waals surface area (Å²) in [4.78, 5) is 38.9. The summed E-state index contributed by atoms with van der Waals surface area (Å²) in [5.41, 5.74) is 2.92. The minimum atomic E-state index is -1.11. The first-order valence-electron chi connectivity index (χ1n) is 10.9. The number of halogens is 1. The second-order valence-corrected chi connectivity index (χ2v) is 10.1. The van der Waals surface area contributed by atoms with E-state index in [9.17, 15) is 19.5 Å². The van der Waals surface area contributed by atoms with E-state index in [4.69, 9.17) is 23.8 Å². The summed E-state index contributed by atoms with van der Waals surface area (Å²) >= 11 is 12.3. The van der Waals surface area contributed by atoms with E-state index in [0.717, 1.165) is 28.5 Å². The Hall–Kier alpha value is -3.52. The Labute approximate surface area is 223 Å².